The highest BCUT2D eigenvalue weighted by Crippen LogP contribution is 2.28. The van der Waals surface area contributed by atoms with Crippen LogP contribution in [0.3, 0.4) is 0 Å². The van der Waals surface area contributed by atoms with Crippen molar-refractivity contribution < 1.29 is 9.90 Å². The van der Waals surface area contributed by atoms with Crippen LogP contribution in [0.5, 0.6) is 0 Å². The van der Waals surface area contributed by atoms with E-state index in [-0.39, 0.29) is 5.78 Å². The summed E-state index contributed by atoms with van der Waals surface area (Å²) in [7, 11) is 0. The Morgan fingerprint density at radius 1 is 1.18 bits per heavy atom. The van der Waals surface area contributed by atoms with Crippen molar-refractivity contribution in [1.82, 2.24) is 15.1 Å². The molecule has 1 heterocycles. The summed E-state index contributed by atoms with van der Waals surface area (Å²) in [6.45, 7) is 7.38. The number of aromatic nitrogens is 2. The lowest BCUT2D eigenvalue weighted by atomic mass is 9.98. The van der Waals surface area contributed by atoms with Crippen LogP contribution in [-0.2, 0) is 18.6 Å². The van der Waals surface area contributed by atoms with E-state index in [4.69, 9.17) is 11.6 Å². The second-order valence-corrected chi connectivity index (χ2v) is 8.55. The lowest BCUT2D eigenvalue weighted by molar-refractivity contribution is 0.0713. The summed E-state index contributed by atoms with van der Waals surface area (Å²) in [4.78, 5) is 17.2. The van der Waals surface area contributed by atoms with Gasteiger partial charge in [-0.1, -0.05) is 55.5 Å². The first-order valence-electron chi connectivity index (χ1n) is 11.0. The Balaban J connectivity index is 2.00. The number of hydrogen-bond acceptors (Lipinski definition) is 6. The Morgan fingerprint density at radius 2 is 1.85 bits per heavy atom. The van der Waals surface area contributed by atoms with E-state index in [1.165, 1.54) is 6.92 Å². The number of benzene rings is 2. The molecule has 6 N–H and O–H groups in total. The summed E-state index contributed by atoms with van der Waals surface area (Å²) < 4.78 is 1.93. The minimum Gasteiger partial charge on any atom is -0.384 e. The normalized spacial score (nSPS) is 12.1. The summed E-state index contributed by atoms with van der Waals surface area (Å²) in [6, 6.07) is 15.8. The monoisotopic (exact) mass is 448 g/mol. The third-order valence-electron chi connectivity index (χ3n) is 5.43. The highest BCUT2D eigenvalue weighted by molar-refractivity contribution is 6.03. The zero-order valence-electron chi connectivity index (χ0n) is 19.6. The molecule has 8 heteroatoms. The van der Waals surface area contributed by atoms with Gasteiger partial charge in [0.05, 0.1) is 0 Å². The van der Waals surface area contributed by atoms with Gasteiger partial charge in [-0.15, -0.1) is 5.10 Å². The van der Waals surface area contributed by atoms with E-state index in [2.05, 4.69) is 22.5 Å². The predicted octanol–water partition coefficient (Wildman–Crippen LogP) is 3.06. The summed E-state index contributed by atoms with van der Waals surface area (Å²) in [5, 5.41) is 14.5. The summed E-state index contributed by atoms with van der Waals surface area (Å²) in [5.41, 5.74) is 11.7. The predicted molar refractivity (Wildman–Crippen MR) is 130 cm³/mol. The molecule has 0 saturated carbocycles. The van der Waals surface area contributed by atoms with Gasteiger partial charge in [-0.05, 0) is 37.0 Å². The third kappa shape index (κ3) is 5.30. The average molecular weight is 449 g/mol. The van der Waals surface area contributed by atoms with Gasteiger partial charge in [0.15, 0.2) is 11.6 Å². The highest BCUT2D eigenvalue weighted by atomic mass is 16.3. The van der Waals surface area contributed by atoms with Crippen LogP contribution in [0.15, 0.2) is 53.6 Å². The zero-order chi connectivity index (χ0) is 24.2. The van der Waals surface area contributed by atoms with Crippen LogP contribution in [0.25, 0.3) is 11.1 Å². The molecular formula is C25H32N6O2. The molecule has 8 nitrogen and oxygen atoms in total. The highest BCUT2D eigenvalue weighted by Gasteiger charge is 2.29. The van der Waals surface area contributed by atoms with Crippen molar-refractivity contribution >= 4 is 11.6 Å². The standard InChI is InChI=1S/C25H32N6O2/c1-5-8-21-28-23(25(3,4)33)22(16(2)32)31(21)15-17-11-13-18(14-12-17)19-9-6-7-10-20(19)24(26)29-30-27/h6-7,9-14,30,33H,5,8,15,27H2,1-4H3,(H2,26,29). The molecule has 0 atom stereocenters. The minimum atomic E-state index is -1.21. The molecule has 1 aromatic heterocycles. The molecule has 0 bridgehead atoms. The van der Waals surface area contributed by atoms with Crippen LogP contribution in [-0.4, -0.2) is 26.3 Å². The Bertz CT molecular complexity index is 1160. The molecule has 2 aromatic carbocycles. The molecule has 0 amide bonds. The van der Waals surface area contributed by atoms with Crippen molar-refractivity contribution in [3.63, 3.8) is 0 Å². The lowest BCUT2D eigenvalue weighted by Crippen LogP contribution is -2.23. The van der Waals surface area contributed by atoms with Crippen molar-refractivity contribution in [2.75, 3.05) is 0 Å². The number of aryl methyl sites for hydroxylation is 1. The number of nitrogens with one attached hydrogen (secondary N) is 1. The van der Waals surface area contributed by atoms with Gasteiger partial charge in [0.25, 0.3) is 0 Å². The van der Waals surface area contributed by atoms with Gasteiger partial charge < -0.3 is 15.4 Å². The van der Waals surface area contributed by atoms with Crippen molar-refractivity contribution in [2.45, 2.75) is 52.7 Å². The van der Waals surface area contributed by atoms with Gasteiger partial charge in [0.1, 0.15) is 22.8 Å². The fourth-order valence-electron chi connectivity index (χ4n) is 3.93. The molecule has 0 aliphatic rings. The number of nitrogens with zero attached hydrogens (tertiary/aromatic N) is 3. The summed E-state index contributed by atoms with van der Waals surface area (Å²) >= 11 is 0. The number of amidine groups is 1. The fraction of sp³-hybridized carbons (Fsp3) is 0.320. The lowest BCUT2D eigenvalue weighted by Gasteiger charge is -2.17. The van der Waals surface area contributed by atoms with Crippen molar-refractivity contribution in [1.29, 1.82) is 0 Å². The molecule has 0 fully saturated rings. The SMILES string of the molecule is CCCc1nc(C(C)(C)O)c(C(C)=O)n1Cc1ccc(-c2ccccc2/C(N)=N/NN)cc1. The molecule has 0 spiro atoms. The number of hydrazine groups is 1. The molecule has 0 saturated heterocycles. The number of hydrogen-bond donors (Lipinski definition) is 4. The van der Waals surface area contributed by atoms with Crippen molar-refractivity contribution in [2.24, 2.45) is 16.7 Å². The second-order valence-electron chi connectivity index (χ2n) is 8.55. The van der Waals surface area contributed by atoms with Crippen LogP contribution < -0.4 is 17.1 Å². The van der Waals surface area contributed by atoms with Crippen LogP contribution >= 0.6 is 0 Å². The first-order chi connectivity index (χ1) is 15.7. The Hall–Kier alpha value is -3.49. The molecule has 33 heavy (non-hydrogen) atoms. The first-order valence-corrected chi connectivity index (χ1v) is 11.0. The maximum absolute atomic E-state index is 12.5. The number of ketones is 1. The molecule has 0 aliphatic heterocycles. The van der Waals surface area contributed by atoms with Gasteiger partial charge >= 0.3 is 0 Å². The van der Waals surface area contributed by atoms with E-state index in [1.54, 1.807) is 13.8 Å². The van der Waals surface area contributed by atoms with Crippen LogP contribution in [0.4, 0.5) is 0 Å². The number of rotatable bonds is 9. The van der Waals surface area contributed by atoms with Crippen molar-refractivity contribution in [3.05, 3.63) is 76.9 Å². The van der Waals surface area contributed by atoms with E-state index in [9.17, 15) is 9.90 Å². The van der Waals surface area contributed by atoms with E-state index in [0.717, 1.165) is 40.9 Å². The largest absolute Gasteiger partial charge is 0.384 e. The zero-order valence-corrected chi connectivity index (χ0v) is 19.6. The van der Waals surface area contributed by atoms with E-state index >= 15 is 0 Å². The number of Topliss-reactive ketones (excluding diaryl/α,β-unsaturated/α-hetero) is 1. The van der Waals surface area contributed by atoms with Crippen LogP contribution in [0.1, 0.15) is 67.2 Å². The number of imidazole rings is 1. The van der Waals surface area contributed by atoms with Crippen LogP contribution in [0.2, 0.25) is 0 Å². The number of carbonyl (C=O) groups excluding carboxylic acids is 1. The first kappa shape index (κ1) is 24.2. The van der Waals surface area contributed by atoms with Crippen LogP contribution in [0, 0.1) is 0 Å². The maximum Gasteiger partial charge on any atom is 0.178 e. The summed E-state index contributed by atoms with van der Waals surface area (Å²) in [5.74, 6) is 6.26. The van der Waals surface area contributed by atoms with Gasteiger partial charge in [0.2, 0.25) is 0 Å². The average Bonchev–Trinajstić information content (AvgIpc) is 3.13. The minimum absolute atomic E-state index is 0.115. The molecule has 0 aliphatic carbocycles. The molecule has 0 unspecified atom stereocenters. The van der Waals surface area contributed by atoms with E-state index < -0.39 is 5.60 Å². The topological polar surface area (TPSA) is 132 Å². The fourth-order valence-corrected chi connectivity index (χ4v) is 3.93. The molecule has 3 rings (SSSR count). The summed E-state index contributed by atoms with van der Waals surface area (Å²) in [6.07, 6.45) is 1.60. The van der Waals surface area contributed by atoms with Gasteiger partial charge in [-0.25, -0.2) is 16.4 Å². The van der Waals surface area contributed by atoms with Gasteiger partial charge in [0, 0.05) is 25.5 Å². The number of nitrogens with two attached hydrogens (primary N) is 2. The number of aliphatic hydroxyl groups is 1. The van der Waals surface area contributed by atoms with E-state index in [1.807, 2.05) is 53.1 Å². The van der Waals surface area contributed by atoms with Crippen molar-refractivity contribution in [3.8, 4) is 11.1 Å². The van der Waals surface area contributed by atoms with Gasteiger partial charge in [-0.3, -0.25) is 4.79 Å². The second kappa shape index (κ2) is 9.97. The Kier molecular flexibility index (Phi) is 7.30. The number of carbonyl (C=O) groups is 1. The Morgan fingerprint density at radius 3 is 2.42 bits per heavy atom. The third-order valence-corrected chi connectivity index (χ3v) is 5.43. The van der Waals surface area contributed by atoms with Gasteiger partial charge in [-0.2, -0.15) is 0 Å². The van der Waals surface area contributed by atoms with E-state index in [0.29, 0.717) is 23.8 Å². The molecule has 174 valence electrons. The molecular weight excluding hydrogens is 416 g/mol. The maximum atomic E-state index is 12.5. The molecule has 0 radical (unpaired) electrons. The quantitative estimate of drug-likeness (QED) is 0.131. The number of hydrazone groups is 1. The smallest absolute Gasteiger partial charge is 0.178 e. The Labute approximate surface area is 194 Å². The molecule has 3 aromatic rings.